The van der Waals surface area contributed by atoms with Crippen LogP contribution in [0.5, 0.6) is 0 Å². The van der Waals surface area contributed by atoms with Gasteiger partial charge in [0.2, 0.25) is 0 Å². The molecule has 1 aromatic carbocycles. The molecule has 0 saturated carbocycles. The Labute approximate surface area is 89.1 Å². The van der Waals surface area contributed by atoms with Crippen LogP contribution in [0.15, 0.2) is 18.2 Å². The van der Waals surface area contributed by atoms with Gasteiger partial charge in [0.1, 0.15) is 0 Å². The summed E-state index contributed by atoms with van der Waals surface area (Å²) >= 11 is 0. The number of aliphatic hydroxyl groups excluding tert-OH is 1. The average molecular weight is 234 g/mol. The largest absolute Gasteiger partial charge is 0.479 e. The number of hydrogen-bond acceptors (Lipinski definition) is 2. The van der Waals surface area contributed by atoms with E-state index in [-0.39, 0.29) is 11.1 Å². The van der Waals surface area contributed by atoms with E-state index in [4.69, 9.17) is 10.2 Å². The lowest BCUT2D eigenvalue weighted by Gasteiger charge is -2.13. The van der Waals surface area contributed by atoms with Crippen molar-refractivity contribution in [3.8, 4) is 0 Å². The van der Waals surface area contributed by atoms with E-state index in [0.29, 0.717) is 6.07 Å². The minimum absolute atomic E-state index is 0.0196. The third kappa shape index (κ3) is 2.52. The van der Waals surface area contributed by atoms with Crippen LogP contribution in [-0.2, 0) is 11.0 Å². The Morgan fingerprint density at radius 3 is 2.38 bits per heavy atom. The highest BCUT2D eigenvalue weighted by molar-refractivity contribution is 5.74. The summed E-state index contributed by atoms with van der Waals surface area (Å²) in [6, 6.07) is 2.93. The zero-order valence-corrected chi connectivity index (χ0v) is 8.25. The molecule has 0 radical (unpaired) electrons. The summed E-state index contributed by atoms with van der Waals surface area (Å²) in [6.45, 7) is 1.26. The fraction of sp³-hybridized carbons (Fsp3) is 0.300. The van der Waals surface area contributed by atoms with Crippen molar-refractivity contribution in [1.29, 1.82) is 0 Å². The molecule has 0 amide bonds. The Morgan fingerprint density at radius 2 is 1.94 bits per heavy atom. The molecule has 0 aromatic heterocycles. The molecule has 16 heavy (non-hydrogen) atoms. The van der Waals surface area contributed by atoms with Gasteiger partial charge >= 0.3 is 12.1 Å². The predicted molar refractivity (Wildman–Crippen MR) is 48.8 cm³/mol. The summed E-state index contributed by atoms with van der Waals surface area (Å²) in [5.74, 6) is -1.59. The molecule has 3 nitrogen and oxygen atoms in total. The van der Waals surface area contributed by atoms with Gasteiger partial charge in [-0.3, -0.25) is 0 Å². The number of carboxylic acids is 1. The fourth-order valence-electron chi connectivity index (χ4n) is 1.26. The summed E-state index contributed by atoms with van der Waals surface area (Å²) in [5.41, 5.74) is -1.25. The van der Waals surface area contributed by atoms with Gasteiger partial charge in [-0.1, -0.05) is 12.1 Å². The van der Waals surface area contributed by atoms with Crippen molar-refractivity contribution in [2.75, 3.05) is 0 Å². The number of rotatable bonds is 2. The number of alkyl halides is 3. The zero-order valence-electron chi connectivity index (χ0n) is 8.25. The van der Waals surface area contributed by atoms with Crippen LogP contribution >= 0.6 is 0 Å². The van der Waals surface area contributed by atoms with Crippen LogP contribution in [0.3, 0.4) is 0 Å². The number of aryl methyl sites for hydroxylation is 1. The molecule has 0 saturated heterocycles. The first-order valence-corrected chi connectivity index (χ1v) is 4.32. The highest BCUT2D eigenvalue weighted by atomic mass is 19.4. The van der Waals surface area contributed by atoms with Gasteiger partial charge in [-0.05, 0) is 24.1 Å². The maximum Gasteiger partial charge on any atom is 0.416 e. The van der Waals surface area contributed by atoms with Crippen molar-refractivity contribution >= 4 is 5.97 Å². The first kappa shape index (κ1) is 12.5. The van der Waals surface area contributed by atoms with Crippen molar-refractivity contribution in [1.82, 2.24) is 0 Å². The van der Waals surface area contributed by atoms with Gasteiger partial charge < -0.3 is 10.2 Å². The Morgan fingerprint density at radius 1 is 1.38 bits per heavy atom. The third-order valence-corrected chi connectivity index (χ3v) is 2.12. The SMILES string of the molecule is Cc1ccc(C(O)C(=O)O)cc1C(F)(F)F. The molecular formula is C10H9F3O3. The van der Waals surface area contributed by atoms with Crippen LogP contribution in [0.2, 0.25) is 0 Å². The van der Waals surface area contributed by atoms with Crippen molar-refractivity contribution in [2.24, 2.45) is 0 Å². The van der Waals surface area contributed by atoms with Crippen molar-refractivity contribution in [3.63, 3.8) is 0 Å². The molecule has 2 N–H and O–H groups in total. The fourth-order valence-corrected chi connectivity index (χ4v) is 1.26. The van der Waals surface area contributed by atoms with Gasteiger partial charge in [-0.2, -0.15) is 13.2 Å². The normalized spacial score (nSPS) is 13.6. The second-order valence-electron chi connectivity index (χ2n) is 3.31. The van der Waals surface area contributed by atoms with Gasteiger partial charge in [0.25, 0.3) is 0 Å². The Kier molecular flexibility index (Phi) is 3.23. The second kappa shape index (κ2) is 4.13. The molecule has 0 aliphatic carbocycles. The van der Waals surface area contributed by atoms with E-state index in [1.165, 1.54) is 6.92 Å². The van der Waals surface area contributed by atoms with Crippen molar-refractivity contribution < 1.29 is 28.2 Å². The average Bonchev–Trinajstić information content (AvgIpc) is 2.15. The molecule has 0 aliphatic heterocycles. The minimum Gasteiger partial charge on any atom is -0.479 e. The lowest BCUT2D eigenvalue weighted by atomic mass is 10.0. The van der Waals surface area contributed by atoms with Gasteiger partial charge in [-0.15, -0.1) is 0 Å². The van der Waals surface area contributed by atoms with Crippen LogP contribution in [0.4, 0.5) is 13.2 Å². The van der Waals surface area contributed by atoms with E-state index in [2.05, 4.69) is 0 Å². The molecule has 1 aromatic rings. The monoisotopic (exact) mass is 234 g/mol. The number of benzene rings is 1. The number of hydrogen-bond donors (Lipinski definition) is 2. The summed E-state index contributed by atoms with van der Waals surface area (Å²) in [6.07, 6.45) is -6.50. The van der Waals surface area contributed by atoms with Gasteiger partial charge in [0.05, 0.1) is 5.56 Å². The number of aliphatic carboxylic acids is 1. The maximum atomic E-state index is 12.5. The molecule has 0 bridgehead atoms. The second-order valence-corrected chi connectivity index (χ2v) is 3.31. The van der Waals surface area contributed by atoms with Crippen LogP contribution in [0.1, 0.15) is 22.8 Å². The number of carbonyl (C=O) groups is 1. The van der Waals surface area contributed by atoms with Gasteiger partial charge in [0.15, 0.2) is 6.10 Å². The molecule has 88 valence electrons. The number of carboxylic acid groups (broad SMARTS) is 1. The third-order valence-electron chi connectivity index (χ3n) is 2.12. The Balaban J connectivity index is 3.23. The van der Waals surface area contributed by atoms with Crippen LogP contribution in [0.25, 0.3) is 0 Å². The molecule has 1 atom stereocenters. The summed E-state index contributed by atoms with van der Waals surface area (Å²) < 4.78 is 37.4. The Bertz CT molecular complexity index is 412. The molecular weight excluding hydrogens is 225 g/mol. The first-order valence-electron chi connectivity index (χ1n) is 4.32. The summed E-state index contributed by atoms with van der Waals surface area (Å²) in [5, 5.41) is 17.6. The number of aliphatic hydroxyl groups is 1. The van der Waals surface area contributed by atoms with E-state index in [0.717, 1.165) is 12.1 Å². The Hall–Kier alpha value is -1.56. The molecule has 0 spiro atoms. The minimum atomic E-state index is -4.56. The van der Waals surface area contributed by atoms with Crippen LogP contribution in [0, 0.1) is 6.92 Å². The van der Waals surface area contributed by atoms with E-state index in [9.17, 15) is 18.0 Å². The van der Waals surface area contributed by atoms with E-state index in [1.807, 2.05) is 0 Å². The zero-order chi connectivity index (χ0) is 12.5. The molecule has 1 rings (SSSR count). The van der Waals surface area contributed by atoms with Crippen LogP contribution < -0.4 is 0 Å². The highest BCUT2D eigenvalue weighted by Gasteiger charge is 2.33. The molecule has 0 fully saturated rings. The predicted octanol–water partition coefficient (Wildman–Crippen LogP) is 2.13. The van der Waals surface area contributed by atoms with Crippen molar-refractivity contribution in [3.05, 3.63) is 34.9 Å². The van der Waals surface area contributed by atoms with Crippen molar-refractivity contribution in [2.45, 2.75) is 19.2 Å². The maximum absolute atomic E-state index is 12.5. The van der Waals surface area contributed by atoms with E-state index in [1.54, 1.807) is 0 Å². The van der Waals surface area contributed by atoms with Crippen LogP contribution in [-0.4, -0.2) is 16.2 Å². The van der Waals surface area contributed by atoms with Gasteiger partial charge in [-0.25, -0.2) is 4.79 Å². The smallest absolute Gasteiger partial charge is 0.416 e. The summed E-state index contributed by atoms with van der Waals surface area (Å²) in [7, 11) is 0. The molecule has 0 heterocycles. The molecule has 1 unspecified atom stereocenters. The van der Waals surface area contributed by atoms with E-state index < -0.39 is 23.8 Å². The van der Waals surface area contributed by atoms with E-state index >= 15 is 0 Å². The lowest BCUT2D eigenvalue weighted by Crippen LogP contribution is -2.13. The first-order chi connectivity index (χ1) is 7.23. The molecule has 0 aliphatic rings. The topological polar surface area (TPSA) is 57.5 Å². The highest BCUT2D eigenvalue weighted by Crippen LogP contribution is 2.33. The van der Waals surface area contributed by atoms with Gasteiger partial charge in [0, 0.05) is 0 Å². The quantitative estimate of drug-likeness (QED) is 0.824. The molecule has 6 heteroatoms. The standard InChI is InChI=1S/C10H9F3O3/c1-5-2-3-6(8(14)9(15)16)4-7(5)10(11,12)13/h2-4,8,14H,1H3,(H,15,16). The summed E-state index contributed by atoms with van der Waals surface area (Å²) in [4.78, 5) is 10.4. The number of halogens is 3. The lowest BCUT2D eigenvalue weighted by molar-refractivity contribution is -0.147.